The first-order valence-corrected chi connectivity index (χ1v) is 9.91. The monoisotopic (exact) mass is 403 g/mol. The summed E-state index contributed by atoms with van der Waals surface area (Å²) in [5.41, 5.74) is 3.84. The van der Waals surface area contributed by atoms with Gasteiger partial charge in [-0.1, -0.05) is 19.1 Å². The van der Waals surface area contributed by atoms with Gasteiger partial charge in [0.2, 0.25) is 0 Å². The van der Waals surface area contributed by atoms with Crippen molar-refractivity contribution in [3.63, 3.8) is 0 Å². The number of aryl methyl sites for hydroxylation is 1. The van der Waals surface area contributed by atoms with E-state index < -0.39 is 12.0 Å². The topological polar surface area (TPSA) is 101 Å². The number of quaternary nitrogens is 1. The molecule has 29 heavy (non-hydrogen) atoms. The maximum atomic E-state index is 12.5. The Morgan fingerprint density at radius 2 is 1.97 bits per heavy atom. The molecule has 158 valence electrons. The quantitative estimate of drug-likeness (QED) is 0.479. The van der Waals surface area contributed by atoms with E-state index in [1.54, 1.807) is 6.92 Å². The van der Waals surface area contributed by atoms with Gasteiger partial charge < -0.3 is 25.6 Å². The van der Waals surface area contributed by atoms with Gasteiger partial charge >= 0.3 is 12.0 Å². The molecule has 0 saturated heterocycles. The van der Waals surface area contributed by atoms with Crippen molar-refractivity contribution in [3.8, 4) is 0 Å². The Balaban J connectivity index is 2.12. The third kappa shape index (κ3) is 5.80. The fourth-order valence-electron chi connectivity index (χ4n) is 3.32. The number of carbonyl (C=O) groups excluding carboxylic acids is 3. The number of rotatable bonds is 8. The van der Waals surface area contributed by atoms with E-state index in [-0.39, 0.29) is 25.1 Å². The second kappa shape index (κ2) is 10.1. The molecule has 1 unspecified atom stereocenters. The van der Waals surface area contributed by atoms with Gasteiger partial charge in [0.1, 0.15) is 6.54 Å². The Bertz CT molecular complexity index is 819. The third-order valence-electron chi connectivity index (χ3n) is 4.97. The summed E-state index contributed by atoms with van der Waals surface area (Å²) in [4.78, 5) is 37.8. The summed E-state index contributed by atoms with van der Waals surface area (Å²) in [7, 11) is 1.84. The summed E-state index contributed by atoms with van der Waals surface area (Å²) in [6.07, 6.45) is 0.567. The number of benzene rings is 1. The van der Waals surface area contributed by atoms with Gasteiger partial charge in [-0.05, 0) is 44.4 Å². The van der Waals surface area contributed by atoms with Crippen molar-refractivity contribution >= 4 is 23.6 Å². The molecule has 0 bridgehead atoms. The molecule has 1 aromatic rings. The maximum absolute atomic E-state index is 12.5. The van der Waals surface area contributed by atoms with Crippen molar-refractivity contribution in [1.29, 1.82) is 0 Å². The molecule has 0 spiro atoms. The second-order valence-electron chi connectivity index (χ2n) is 7.28. The molecular formula is C21H31N4O4+. The Morgan fingerprint density at radius 3 is 2.62 bits per heavy atom. The van der Waals surface area contributed by atoms with E-state index in [4.69, 9.17) is 4.74 Å². The number of amides is 3. The molecular weight excluding hydrogens is 372 g/mol. The van der Waals surface area contributed by atoms with Crippen LogP contribution in [0, 0.1) is 13.8 Å². The molecule has 2 rings (SSSR count). The lowest BCUT2D eigenvalue weighted by atomic mass is 10.00. The van der Waals surface area contributed by atoms with Crippen LogP contribution in [0.4, 0.5) is 10.5 Å². The highest BCUT2D eigenvalue weighted by molar-refractivity contribution is 5.95. The smallest absolute Gasteiger partial charge is 0.338 e. The summed E-state index contributed by atoms with van der Waals surface area (Å²) in [6.45, 7) is 8.35. The zero-order chi connectivity index (χ0) is 21.6. The third-order valence-corrected chi connectivity index (χ3v) is 4.97. The van der Waals surface area contributed by atoms with Crippen molar-refractivity contribution in [2.75, 3.05) is 32.1 Å². The molecule has 8 nitrogen and oxygen atoms in total. The van der Waals surface area contributed by atoms with Crippen molar-refractivity contribution in [3.05, 3.63) is 40.6 Å². The molecule has 1 aliphatic rings. The van der Waals surface area contributed by atoms with Crippen molar-refractivity contribution in [2.45, 2.75) is 40.2 Å². The zero-order valence-electron chi connectivity index (χ0n) is 17.8. The molecule has 1 heterocycles. The number of esters is 1. The first-order valence-electron chi connectivity index (χ1n) is 9.91. The van der Waals surface area contributed by atoms with Crippen LogP contribution in [-0.2, 0) is 14.3 Å². The van der Waals surface area contributed by atoms with Gasteiger partial charge in [-0.25, -0.2) is 9.59 Å². The van der Waals surface area contributed by atoms with Crippen LogP contribution in [-0.4, -0.2) is 50.7 Å². The van der Waals surface area contributed by atoms with Crippen LogP contribution in [0.2, 0.25) is 0 Å². The van der Waals surface area contributed by atoms with Gasteiger partial charge in [0.15, 0.2) is 6.54 Å². The SMILES string of the molecule is CCOC(=O)C1=C(C[NH+](C)CC(=O)Nc2cccc(C)c2C)NC(=O)N[C@H]1CC. The highest BCUT2D eigenvalue weighted by Gasteiger charge is 2.33. The molecule has 0 fully saturated rings. The van der Waals surface area contributed by atoms with Crippen molar-refractivity contribution < 1.29 is 24.0 Å². The summed E-state index contributed by atoms with van der Waals surface area (Å²) in [5.74, 6) is -0.587. The van der Waals surface area contributed by atoms with Gasteiger partial charge in [0.25, 0.3) is 5.91 Å². The minimum Gasteiger partial charge on any atom is -0.463 e. The van der Waals surface area contributed by atoms with Crippen molar-refractivity contribution in [1.82, 2.24) is 10.6 Å². The fourth-order valence-corrected chi connectivity index (χ4v) is 3.32. The van der Waals surface area contributed by atoms with E-state index in [0.29, 0.717) is 24.2 Å². The minimum atomic E-state index is -0.450. The van der Waals surface area contributed by atoms with Crippen LogP contribution < -0.4 is 20.9 Å². The summed E-state index contributed by atoms with van der Waals surface area (Å²) in [6, 6.07) is 5.01. The average molecular weight is 404 g/mol. The molecule has 1 aliphatic heterocycles. The van der Waals surface area contributed by atoms with E-state index >= 15 is 0 Å². The molecule has 0 saturated carbocycles. The zero-order valence-corrected chi connectivity index (χ0v) is 17.8. The normalized spacial score (nSPS) is 17.3. The molecule has 1 aromatic carbocycles. The van der Waals surface area contributed by atoms with Gasteiger partial charge in [-0.2, -0.15) is 0 Å². The predicted octanol–water partition coefficient (Wildman–Crippen LogP) is 0.665. The number of ether oxygens (including phenoxy) is 1. The number of urea groups is 1. The van der Waals surface area contributed by atoms with E-state index in [2.05, 4.69) is 16.0 Å². The highest BCUT2D eigenvalue weighted by Crippen LogP contribution is 2.18. The number of carbonyl (C=O) groups is 3. The number of likely N-dealkylation sites (N-methyl/N-ethyl adjacent to an activating group) is 1. The first-order chi connectivity index (χ1) is 13.8. The van der Waals surface area contributed by atoms with Gasteiger partial charge in [-0.3, -0.25) is 4.79 Å². The van der Waals surface area contributed by atoms with Crippen LogP contribution >= 0.6 is 0 Å². The number of nitrogens with one attached hydrogen (secondary N) is 4. The Hall–Kier alpha value is -2.87. The maximum Gasteiger partial charge on any atom is 0.338 e. The number of anilines is 1. The van der Waals surface area contributed by atoms with Crippen LogP contribution in [0.25, 0.3) is 0 Å². The van der Waals surface area contributed by atoms with E-state index in [9.17, 15) is 14.4 Å². The summed E-state index contributed by atoms with van der Waals surface area (Å²) < 4.78 is 5.17. The van der Waals surface area contributed by atoms with Gasteiger partial charge in [0, 0.05) is 5.69 Å². The molecule has 0 aliphatic carbocycles. The highest BCUT2D eigenvalue weighted by atomic mass is 16.5. The Labute approximate surface area is 171 Å². The van der Waals surface area contributed by atoms with Crippen LogP contribution in [0.15, 0.2) is 29.5 Å². The number of hydrogen-bond acceptors (Lipinski definition) is 4. The molecule has 3 amide bonds. The second-order valence-corrected chi connectivity index (χ2v) is 7.28. The lowest BCUT2D eigenvalue weighted by Gasteiger charge is -2.29. The molecule has 4 N–H and O–H groups in total. The lowest BCUT2D eigenvalue weighted by Crippen LogP contribution is -3.10. The summed E-state index contributed by atoms with van der Waals surface area (Å²) >= 11 is 0. The van der Waals surface area contributed by atoms with E-state index in [1.807, 2.05) is 46.0 Å². The van der Waals surface area contributed by atoms with Crippen LogP contribution in [0.1, 0.15) is 31.4 Å². The average Bonchev–Trinajstić information content (AvgIpc) is 2.64. The number of hydrogen-bond donors (Lipinski definition) is 4. The minimum absolute atomic E-state index is 0.137. The van der Waals surface area contributed by atoms with E-state index in [1.165, 1.54) is 0 Å². The summed E-state index contributed by atoms with van der Waals surface area (Å²) in [5, 5.41) is 8.40. The predicted molar refractivity (Wildman–Crippen MR) is 111 cm³/mol. The molecule has 0 radical (unpaired) electrons. The molecule has 8 heteroatoms. The van der Waals surface area contributed by atoms with E-state index in [0.717, 1.165) is 21.7 Å². The molecule has 0 aromatic heterocycles. The largest absolute Gasteiger partial charge is 0.463 e. The van der Waals surface area contributed by atoms with Gasteiger partial charge in [-0.15, -0.1) is 0 Å². The first kappa shape index (κ1) is 22.4. The fraction of sp³-hybridized carbons (Fsp3) is 0.476. The Kier molecular flexibility index (Phi) is 7.78. The Morgan fingerprint density at radius 1 is 1.24 bits per heavy atom. The van der Waals surface area contributed by atoms with Crippen molar-refractivity contribution in [2.24, 2.45) is 0 Å². The lowest BCUT2D eigenvalue weighted by molar-refractivity contribution is -0.866. The van der Waals surface area contributed by atoms with Gasteiger partial charge in [0.05, 0.1) is 31.0 Å². The standard InChI is InChI=1S/C21H30N4O4/c1-6-15-19(20(27)29-7-2)17(24-21(28)23-15)11-25(5)12-18(26)22-16-10-8-9-13(3)14(16)4/h8-10,15H,6-7,11-12H2,1-5H3,(H,22,26)(H2,23,24,28)/p+1/t15-/m0/s1. The molecule has 2 atom stereocenters. The van der Waals surface area contributed by atoms with Crippen LogP contribution in [0.3, 0.4) is 0 Å². The van der Waals surface area contributed by atoms with Crippen LogP contribution in [0.5, 0.6) is 0 Å².